The summed E-state index contributed by atoms with van der Waals surface area (Å²) >= 11 is 5.95. The van der Waals surface area contributed by atoms with Crippen LogP contribution in [0.5, 0.6) is 5.75 Å². The third-order valence-electron chi connectivity index (χ3n) is 3.83. The second kappa shape index (κ2) is 5.06. The van der Waals surface area contributed by atoms with Gasteiger partial charge in [0.25, 0.3) is 0 Å². The lowest BCUT2D eigenvalue weighted by atomic mass is 9.97. The maximum Gasteiger partial charge on any atom is 0.145 e. The van der Waals surface area contributed by atoms with E-state index in [1.54, 1.807) is 12.1 Å². The van der Waals surface area contributed by atoms with Gasteiger partial charge in [0.2, 0.25) is 0 Å². The molecule has 1 aromatic carbocycles. The Balaban J connectivity index is 1.77. The van der Waals surface area contributed by atoms with Gasteiger partial charge < -0.3 is 10.1 Å². The van der Waals surface area contributed by atoms with Gasteiger partial charge in [-0.2, -0.15) is 0 Å². The minimum absolute atomic E-state index is 0.106. The summed E-state index contributed by atoms with van der Waals surface area (Å²) < 4.78 is 19.4. The summed E-state index contributed by atoms with van der Waals surface area (Å²) in [7, 11) is 0. The monoisotopic (exact) mass is 269 g/mol. The molecule has 1 aliphatic carbocycles. The van der Waals surface area contributed by atoms with E-state index in [0.717, 1.165) is 19.5 Å². The van der Waals surface area contributed by atoms with Gasteiger partial charge in [-0.1, -0.05) is 17.7 Å². The van der Waals surface area contributed by atoms with Crippen LogP contribution >= 0.6 is 11.6 Å². The molecule has 3 rings (SSSR count). The lowest BCUT2D eigenvalue weighted by Gasteiger charge is -2.24. The van der Waals surface area contributed by atoms with Crippen molar-refractivity contribution in [2.45, 2.75) is 25.4 Å². The van der Waals surface area contributed by atoms with Gasteiger partial charge >= 0.3 is 0 Å². The van der Waals surface area contributed by atoms with Crippen LogP contribution in [0.15, 0.2) is 18.2 Å². The van der Waals surface area contributed by atoms with Crippen molar-refractivity contribution < 1.29 is 9.13 Å². The van der Waals surface area contributed by atoms with Crippen LogP contribution in [0.1, 0.15) is 19.3 Å². The molecule has 1 saturated carbocycles. The van der Waals surface area contributed by atoms with E-state index in [4.69, 9.17) is 16.3 Å². The van der Waals surface area contributed by atoms with Crippen LogP contribution in [0.3, 0.4) is 0 Å². The number of halogens is 2. The van der Waals surface area contributed by atoms with Crippen molar-refractivity contribution in [2.75, 3.05) is 13.1 Å². The molecule has 98 valence electrons. The summed E-state index contributed by atoms with van der Waals surface area (Å²) in [4.78, 5) is 0. The molecule has 18 heavy (non-hydrogen) atoms. The van der Waals surface area contributed by atoms with E-state index in [1.807, 2.05) is 0 Å². The van der Waals surface area contributed by atoms with Crippen molar-refractivity contribution in [1.82, 2.24) is 5.32 Å². The summed E-state index contributed by atoms with van der Waals surface area (Å²) in [5.74, 6) is 1.22. The third kappa shape index (κ3) is 2.47. The predicted molar refractivity (Wildman–Crippen MR) is 69.5 cm³/mol. The number of nitrogens with one attached hydrogen (secondary N) is 1. The van der Waals surface area contributed by atoms with E-state index in [9.17, 15) is 4.39 Å². The first kappa shape index (κ1) is 12.2. The van der Waals surface area contributed by atoms with Crippen LogP contribution in [0.2, 0.25) is 5.02 Å². The van der Waals surface area contributed by atoms with Crippen LogP contribution in [0.25, 0.3) is 0 Å². The number of hydrogen-bond acceptors (Lipinski definition) is 2. The molecule has 2 fully saturated rings. The fourth-order valence-corrected chi connectivity index (χ4v) is 2.85. The Hall–Kier alpha value is -0.800. The molecule has 2 nitrogen and oxygen atoms in total. The van der Waals surface area contributed by atoms with Gasteiger partial charge in [-0.05, 0) is 43.9 Å². The third-order valence-corrected chi connectivity index (χ3v) is 4.20. The maximum absolute atomic E-state index is 13.4. The highest BCUT2D eigenvalue weighted by Crippen LogP contribution is 2.41. The van der Waals surface area contributed by atoms with Crippen LogP contribution in [-0.4, -0.2) is 19.2 Å². The first-order valence-corrected chi connectivity index (χ1v) is 6.95. The van der Waals surface area contributed by atoms with Gasteiger partial charge in [-0.25, -0.2) is 4.39 Å². The van der Waals surface area contributed by atoms with E-state index in [2.05, 4.69) is 5.32 Å². The lowest BCUT2D eigenvalue weighted by Crippen LogP contribution is -2.31. The molecule has 1 saturated heterocycles. The fourth-order valence-electron chi connectivity index (χ4n) is 2.68. The molecule has 2 atom stereocenters. The predicted octanol–water partition coefficient (Wildman–Crippen LogP) is 3.25. The topological polar surface area (TPSA) is 21.3 Å². The maximum atomic E-state index is 13.4. The zero-order valence-electron chi connectivity index (χ0n) is 10.2. The van der Waals surface area contributed by atoms with Gasteiger partial charge in [0.15, 0.2) is 0 Å². The highest BCUT2D eigenvalue weighted by Gasteiger charge is 2.39. The Labute approximate surface area is 111 Å². The van der Waals surface area contributed by atoms with Crippen molar-refractivity contribution in [2.24, 2.45) is 11.8 Å². The van der Waals surface area contributed by atoms with Crippen molar-refractivity contribution in [3.8, 4) is 5.75 Å². The van der Waals surface area contributed by atoms with E-state index in [-0.39, 0.29) is 11.1 Å². The molecule has 0 aromatic heterocycles. The molecular formula is C14H17ClFNO. The minimum Gasteiger partial charge on any atom is -0.488 e. The second-order valence-corrected chi connectivity index (χ2v) is 5.60. The lowest BCUT2D eigenvalue weighted by molar-refractivity contribution is 0.120. The minimum atomic E-state index is -0.409. The first-order chi connectivity index (χ1) is 8.75. The molecular weight excluding hydrogens is 253 g/mol. The van der Waals surface area contributed by atoms with Gasteiger partial charge in [0.05, 0.1) is 0 Å². The highest BCUT2D eigenvalue weighted by atomic mass is 35.5. The molecule has 1 aliphatic heterocycles. The van der Waals surface area contributed by atoms with E-state index < -0.39 is 5.82 Å². The van der Waals surface area contributed by atoms with Crippen molar-refractivity contribution in [3.63, 3.8) is 0 Å². The molecule has 0 amide bonds. The zero-order chi connectivity index (χ0) is 12.5. The van der Waals surface area contributed by atoms with Crippen molar-refractivity contribution >= 4 is 11.6 Å². The number of rotatable bonds is 4. The van der Waals surface area contributed by atoms with E-state index in [0.29, 0.717) is 17.6 Å². The molecule has 0 bridgehead atoms. The summed E-state index contributed by atoms with van der Waals surface area (Å²) in [5.41, 5.74) is 0. The van der Waals surface area contributed by atoms with Gasteiger partial charge in [-0.15, -0.1) is 0 Å². The fraction of sp³-hybridized carbons (Fsp3) is 0.571. The summed E-state index contributed by atoms with van der Waals surface area (Å²) in [5, 5.41) is 3.47. The summed E-state index contributed by atoms with van der Waals surface area (Å²) in [6.45, 7) is 2.04. The standard InChI is InChI=1S/C14H17ClFNO/c15-13-11(16)2-1-3-12(13)18-14(9-4-5-9)10-6-7-17-8-10/h1-3,9-10,14,17H,4-8H2/t10-,14?/m0/s1. The van der Waals surface area contributed by atoms with E-state index in [1.165, 1.54) is 18.9 Å². The van der Waals surface area contributed by atoms with E-state index >= 15 is 0 Å². The molecule has 1 unspecified atom stereocenters. The Morgan fingerprint density at radius 3 is 2.78 bits per heavy atom. The largest absolute Gasteiger partial charge is 0.488 e. The average molecular weight is 270 g/mol. The molecule has 4 heteroatoms. The number of benzene rings is 1. The Bertz CT molecular complexity index is 430. The average Bonchev–Trinajstić information content (AvgIpc) is 3.06. The van der Waals surface area contributed by atoms with Crippen molar-refractivity contribution in [1.29, 1.82) is 0 Å². The summed E-state index contributed by atoms with van der Waals surface area (Å²) in [6, 6.07) is 4.76. The molecule has 0 spiro atoms. The molecule has 1 aromatic rings. The van der Waals surface area contributed by atoms with Gasteiger partial charge in [0.1, 0.15) is 22.7 Å². The SMILES string of the molecule is Fc1cccc(OC(C2CC2)[C@H]2CCNC2)c1Cl. The van der Waals surface area contributed by atoms with Crippen LogP contribution in [0, 0.1) is 17.7 Å². The molecule has 1 N–H and O–H groups in total. The van der Waals surface area contributed by atoms with Crippen LogP contribution in [0.4, 0.5) is 4.39 Å². The first-order valence-electron chi connectivity index (χ1n) is 6.57. The Kier molecular flexibility index (Phi) is 3.44. The molecule has 2 aliphatic rings. The van der Waals surface area contributed by atoms with Crippen LogP contribution in [-0.2, 0) is 0 Å². The molecule has 1 heterocycles. The van der Waals surface area contributed by atoms with Crippen molar-refractivity contribution in [3.05, 3.63) is 29.0 Å². The smallest absolute Gasteiger partial charge is 0.145 e. The second-order valence-electron chi connectivity index (χ2n) is 5.22. The number of hydrogen-bond donors (Lipinski definition) is 1. The molecule has 0 radical (unpaired) electrons. The highest BCUT2D eigenvalue weighted by molar-refractivity contribution is 6.32. The summed E-state index contributed by atoms with van der Waals surface area (Å²) in [6.07, 6.45) is 3.75. The number of ether oxygens (including phenoxy) is 1. The quantitative estimate of drug-likeness (QED) is 0.906. The Morgan fingerprint density at radius 2 is 2.11 bits per heavy atom. The van der Waals surface area contributed by atoms with Gasteiger partial charge in [0, 0.05) is 12.5 Å². The Morgan fingerprint density at radius 1 is 1.28 bits per heavy atom. The van der Waals surface area contributed by atoms with Gasteiger partial charge in [-0.3, -0.25) is 0 Å². The zero-order valence-corrected chi connectivity index (χ0v) is 10.9. The normalized spacial score (nSPS) is 25.1. The van der Waals surface area contributed by atoms with Crippen LogP contribution < -0.4 is 10.1 Å².